The fraction of sp³-hybridized carbons (Fsp3) is 0.250. The van der Waals surface area contributed by atoms with Crippen LogP contribution in [0.25, 0.3) is 6.08 Å². The minimum absolute atomic E-state index is 0.0302. The zero-order valence-electron chi connectivity index (χ0n) is 17.6. The van der Waals surface area contributed by atoms with Crippen LogP contribution >= 0.6 is 12.2 Å². The number of nitrogens with one attached hydrogen (secondary N) is 4. The molecule has 166 valence electrons. The summed E-state index contributed by atoms with van der Waals surface area (Å²) in [6, 6.07) is 16.0. The molecule has 3 amide bonds. The van der Waals surface area contributed by atoms with Crippen molar-refractivity contribution in [2.24, 2.45) is 5.92 Å². The molecular formula is C24H26N4O3S. The van der Waals surface area contributed by atoms with Gasteiger partial charge in [0.25, 0.3) is 5.91 Å². The molecule has 1 saturated carbocycles. The topological polar surface area (TPSA) is 99.3 Å². The van der Waals surface area contributed by atoms with Crippen molar-refractivity contribution in [3.8, 4) is 0 Å². The summed E-state index contributed by atoms with van der Waals surface area (Å²) in [5.41, 5.74) is 6.84. The van der Waals surface area contributed by atoms with E-state index in [1.807, 2.05) is 30.3 Å². The maximum absolute atomic E-state index is 12.3. The average Bonchev–Trinajstić information content (AvgIpc) is 2.83. The number of amides is 3. The second-order valence-corrected chi connectivity index (χ2v) is 7.95. The van der Waals surface area contributed by atoms with Crippen molar-refractivity contribution < 1.29 is 14.4 Å². The van der Waals surface area contributed by atoms with Crippen LogP contribution < -0.4 is 21.5 Å². The number of carbonyl (C=O) groups is 3. The maximum Gasteiger partial charge on any atom is 0.269 e. The molecule has 2 aromatic rings. The molecule has 0 spiro atoms. The molecule has 32 heavy (non-hydrogen) atoms. The van der Waals surface area contributed by atoms with Gasteiger partial charge in [-0.3, -0.25) is 30.6 Å². The van der Waals surface area contributed by atoms with Gasteiger partial charge in [0.15, 0.2) is 5.11 Å². The molecule has 0 aromatic heterocycles. The number of hydrazine groups is 1. The first-order valence-electron chi connectivity index (χ1n) is 10.6. The molecule has 4 N–H and O–H groups in total. The lowest BCUT2D eigenvalue weighted by atomic mass is 9.88. The molecule has 0 unspecified atom stereocenters. The Balaban J connectivity index is 1.42. The van der Waals surface area contributed by atoms with Crippen molar-refractivity contribution in [1.82, 2.24) is 16.2 Å². The fourth-order valence-electron chi connectivity index (χ4n) is 3.42. The standard InChI is InChI=1S/C24H26N4O3S/c29-21(16-11-17-7-3-1-4-8-17)26-24(32)28-27-23(31)19-12-14-20(15-13-19)25-22(30)18-9-5-2-6-10-18/h1,3-4,7-8,11-16,18H,2,5-6,9-10H2,(H,25,30)(H,27,31)(H2,26,28,29,32)/b16-11+. The van der Waals surface area contributed by atoms with E-state index >= 15 is 0 Å². The highest BCUT2D eigenvalue weighted by molar-refractivity contribution is 7.80. The third-order valence-corrected chi connectivity index (χ3v) is 5.35. The van der Waals surface area contributed by atoms with E-state index < -0.39 is 11.8 Å². The monoisotopic (exact) mass is 450 g/mol. The van der Waals surface area contributed by atoms with Crippen LogP contribution in [0.15, 0.2) is 60.7 Å². The number of benzene rings is 2. The van der Waals surface area contributed by atoms with Crippen molar-refractivity contribution in [3.63, 3.8) is 0 Å². The van der Waals surface area contributed by atoms with E-state index in [1.54, 1.807) is 30.3 Å². The van der Waals surface area contributed by atoms with Gasteiger partial charge in [0.2, 0.25) is 11.8 Å². The minimum Gasteiger partial charge on any atom is -0.326 e. The first-order chi connectivity index (χ1) is 15.5. The third-order valence-electron chi connectivity index (χ3n) is 5.14. The molecule has 8 heteroatoms. The summed E-state index contributed by atoms with van der Waals surface area (Å²) >= 11 is 5.02. The summed E-state index contributed by atoms with van der Waals surface area (Å²) in [6.07, 6.45) is 8.24. The van der Waals surface area contributed by atoms with Crippen molar-refractivity contribution >= 4 is 46.8 Å². The number of carbonyl (C=O) groups excluding carboxylic acids is 3. The van der Waals surface area contributed by atoms with Gasteiger partial charge in [-0.15, -0.1) is 0 Å². The van der Waals surface area contributed by atoms with E-state index in [-0.39, 0.29) is 16.9 Å². The van der Waals surface area contributed by atoms with Gasteiger partial charge < -0.3 is 5.32 Å². The van der Waals surface area contributed by atoms with E-state index in [4.69, 9.17) is 12.2 Å². The fourth-order valence-corrected chi connectivity index (χ4v) is 3.57. The van der Waals surface area contributed by atoms with Gasteiger partial charge >= 0.3 is 0 Å². The van der Waals surface area contributed by atoms with Crippen LogP contribution in [0.5, 0.6) is 0 Å². The zero-order chi connectivity index (χ0) is 22.8. The second kappa shape index (κ2) is 11.8. The van der Waals surface area contributed by atoms with Crippen LogP contribution in [0, 0.1) is 5.92 Å². The second-order valence-electron chi connectivity index (χ2n) is 7.54. The Morgan fingerprint density at radius 2 is 1.56 bits per heavy atom. The van der Waals surface area contributed by atoms with Gasteiger partial charge in [0.05, 0.1) is 0 Å². The molecule has 1 aliphatic carbocycles. The molecule has 3 rings (SSSR count). The van der Waals surface area contributed by atoms with Crippen molar-refractivity contribution in [2.45, 2.75) is 32.1 Å². The number of anilines is 1. The quantitative estimate of drug-likeness (QED) is 0.317. The van der Waals surface area contributed by atoms with E-state index in [0.29, 0.717) is 11.3 Å². The van der Waals surface area contributed by atoms with Crippen molar-refractivity contribution in [2.75, 3.05) is 5.32 Å². The van der Waals surface area contributed by atoms with E-state index in [1.165, 1.54) is 12.5 Å². The molecule has 1 fully saturated rings. The predicted molar refractivity (Wildman–Crippen MR) is 128 cm³/mol. The SMILES string of the molecule is O=C(/C=C/c1ccccc1)NC(=S)NNC(=O)c1ccc(NC(=O)C2CCCCC2)cc1. The summed E-state index contributed by atoms with van der Waals surface area (Å²) in [5.74, 6) is -0.745. The van der Waals surface area contributed by atoms with E-state index in [9.17, 15) is 14.4 Å². The Hall–Kier alpha value is -3.52. The Morgan fingerprint density at radius 1 is 0.875 bits per heavy atom. The van der Waals surface area contributed by atoms with Crippen molar-refractivity contribution in [1.29, 1.82) is 0 Å². The van der Waals surface area contributed by atoms with E-state index in [0.717, 1.165) is 31.2 Å². The Labute approximate surface area is 192 Å². The maximum atomic E-state index is 12.3. The third kappa shape index (κ3) is 7.31. The number of rotatable bonds is 5. The minimum atomic E-state index is -0.424. The van der Waals surface area contributed by atoms with Crippen LogP contribution in [-0.4, -0.2) is 22.8 Å². The van der Waals surface area contributed by atoms with Crippen molar-refractivity contribution in [3.05, 3.63) is 71.8 Å². The molecular weight excluding hydrogens is 424 g/mol. The summed E-state index contributed by atoms with van der Waals surface area (Å²) < 4.78 is 0. The zero-order valence-corrected chi connectivity index (χ0v) is 18.4. The lowest BCUT2D eigenvalue weighted by Gasteiger charge is -2.20. The lowest BCUT2D eigenvalue weighted by Crippen LogP contribution is -2.48. The number of hydrogen-bond donors (Lipinski definition) is 4. The van der Waals surface area contributed by atoms with E-state index in [2.05, 4.69) is 21.5 Å². The Kier molecular flexibility index (Phi) is 8.51. The largest absolute Gasteiger partial charge is 0.326 e. The molecule has 0 heterocycles. The molecule has 0 bridgehead atoms. The van der Waals surface area contributed by atoms with Gasteiger partial charge in [-0.25, -0.2) is 0 Å². The highest BCUT2D eigenvalue weighted by atomic mass is 32.1. The number of thiocarbonyl (C=S) groups is 1. The highest BCUT2D eigenvalue weighted by Gasteiger charge is 2.21. The molecule has 0 atom stereocenters. The summed E-state index contributed by atoms with van der Waals surface area (Å²) in [5, 5.41) is 5.33. The first kappa shape index (κ1) is 23.1. The molecule has 0 aliphatic heterocycles. The van der Waals surface area contributed by atoms with Gasteiger partial charge in [-0.05, 0) is 61.0 Å². The van der Waals surface area contributed by atoms with Crippen LogP contribution in [0.1, 0.15) is 48.0 Å². The molecule has 7 nitrogen and oxygen atoms in total. The Bertz CT molecular complexity index is 984. The molecule has 0 radical (unpaired) electrons. The molecule has 1 aliphatic rings. The molecule has 2 aromatic carbocycles. The van der Waals surface area contributed by atoms with Crippen LogP contribution in [0.4, 0.5) is 5.69 Å². The predicted octanol–water partition coefficient (Wildman–Crippen LogP) is 3.55. The van der Waals surface area contributed by atoms with Crippen LogP contribution in [-0.2, 0) is 9.59 Å². The normalized spacial score (nSPS) is 13.9. The summed E-state index contributed by atoms with van der Waals surface area (Å²) in [6.45, 7) is 0. The number of hydrogen-bond acceptors (Lipinski definition) is 4. The van der Waals surface area contributed by atoms with Crippen LogP contribution in [0.2, 0.25) is 0 Å². The lowest BCUT2D eigenvalue weighted by molar-refractivity contribution is -0.120. The van der Waals surface area contributed by atoms with Gasteiger partial charge in [-0.2, -0.15) is 0 Å². The first-order valence-corrected chi connectivity index (χ1v) is 11.0. The average molecular weight is 451 g/mol. The highest BCUT2D eigenvalue weighted by Crippen LogP contribution is 2.25. The van der Waals surface area contributed by atoms with Gasteiger partial charge in [0, 0.05) is 23.2 Å². The summed E-state index contributed by atoms with van der Waals surface area (Å²) in [7, 11) is 0. The molecule has 0 saturated heterocycles. The summed E-state index contributed by atoms with van der Waals surface area (Å²) in [4.78, 5) is 36.5. The Morgan fingerprint density at radius 3 is 2.25 bits per heavy atom. The van der Waals surface area contributed by atoms with Gasteiger partial charge in [-0.1, -0.05) is 49.6 Å². The van der Waals surface area contributed by atoms with Crippen LogP contribution in [0.3, 0.4) is 0 Å². The van der Waals surface area contributed by atoms with Gasteiger partial charge in [0.1, 0.15) is 0 Å². The smallest absolute Gasteiger partial charge is 0.269 e.